The van der Waals surface area contributed by atoms with E-state index in [4.69, 9.17) is 14.7 Å². The van der Waals surface area contributed by atoms with Crippen LogP contribution in [0.1, 0.15) is 6.92 Å². The van der Waals surface area contributed by atoms with E-state index >= 15 is 0 Å². The number of methoxy groups -OCH3 is 2. The van der Waals surface area contributed by atoms with Gasteiger partial charge in [0.1, 0.15) is 0 Å². The molecule has 0 unspecified atom stereocenters. The van der Waals surface area contributed by atoms with Crippen molar-refractivity contribution in [3.63, 3.8) is 0 Å². The molecule has 0 saturated carbocycles. The molecule has 0 amide bonds. The molecule has 0 aliphatic rings. The molecule has 3 nitrogen and oxygen atoms in total. The molecular formula is C7H11NO2. The maximum absolute atomic E-state index is 8.24. The second-order valence-corrected chi connectivity index (χ2v) is 1.82. The Morgan fingerprint density at radius 1 is 1.50 bits per heavy atom. The van der Waals surface area contributed by atoms with Crippen LogP contribution in [0.4, 0.5) is 0 Å². The predicted molar refractivity (Wildman–Crippen MR) is 37.2 cm³/mol. The van der Waals surface area contributed by atoms with Crippen molar-refractivity contribution in [2.75, 3.05) is 14.2 Å². The van der Waals surface area contributed by atoms with Gasteiger partial charge in [0.25, 0.3) is 0 Å². The normalized spacial score (nSPS) is 11.7. The molecule has 0 aromatic heterocycles. The maximum atomic E-state index is 8.24. The first-order valence-electron chi connectivity index (χ1n) is 2.88. The van der Waals surface area contributed by atoms with Crippen LogP contribution in [0.2, 0.25) is 0 Å². The lowest BCUT2D eigenvalue weighted by Crippen LogP contribution is -2.13. The smallest absolute Gasteiger partial charge is 0.179 e. The Hall–Kier alpha value is -0.850. The van der Waals surface area contributed by atoms with Gasteiger partial charge in [-0.1, -0.05) is 0 Å². The zero-order chi connectivity index (χ0) is 7.98. The highest BCUT2D eigenvalue weighted by atomic mass is 16.7. The van der Waals surface area contributed by atoms with E-state index in [9.17, 15) is 0 Å². The lowest BCUT2D eigenvalue weighted by molar-refractivity contribution is -0.0746. The van der Waals surface area contributed by atoms with Crippen LogP contribution in [0.15, 0.2) is 11.6 Å². The van der Waals surface area contributed by atoms with Crippen LogP contribution >= 0.6 is 0 Å². The second-order valence-electron chi connectivity index (χ2n) is 1.82. The van der Waals surface area contributed by atoms with Gasteiger partial charge >= 0.3 is 0 Å². The van der Waals surface area contributed by atoms with Crippen LogP contribution in [-0.2, 0) is 9.47 Å². The SMILES string of the molecule is COC(OC)/C(C)=C/C#N. The number of rotatable bonds is 3. The topological polar surface area (TPSA) is 42.2 Å². The molecule has 0 rings (SSSR count). The van der Waals surface area contributed by atoms with Crippen LogP contribution in [0.3, 0.4) is 0 Å². The molecule has 0 fully saturated rings. The second kappa shape index (κ2) is 4.98. The number of nitrogens with zero attached hydrogens (tertiary/aromatic N) is 1. The summed E-state index contributed by atoms with van der Waals surface area (Å²) in [4.78, 5) is 0. The maximum Gasteiger partial charge on any atom is 0.179 e. The van der Waals surface area contributed by atoms with Gasteiger partial charge in [-0.15, -0.1) is 0 Å². The monoisotopic (exact) mass is 141 g/mol. The molecule has 0 aliphatic carbocycles. The van der Waals surface area contributed by atoms with Gasteiger partial charge in [-0.25, -0.2) is 0 Å². The van der Waals surface area contributed by atoms with Crippen molar-refractivity contribution < 1.29 is 9.47 Å². The van der Waals surface area contributed by atoms with Crippen molar-refractivity contribution in [2.24, 2.45) is 0 Å². The number of hydrogen-bond donors (Lipinski definition) is 0. The Labute approximate surface area is 60.9 Å². The van der Waals surface area contributed by atoms with E-state index in [1.54, 1.807) is 6.92 Å². The minimum Gasteiger partial charge on any atom is -0.352 e. The van der Waals surface area contributed by atoms with Gasteiger partial charge in [-0.3, -0.25) is 0 Å². The average Bonchev–Trinajstić information content (AvgIpc) is 1.91. The van der Waals surface area contributed by atoms with Crippen molar-refractivity contribution in [2.45, 2.75) is 13.2 Å². The third-order valence-corrected chi connectivity index (χ3v) is 1.09. The summed E-state index contributed by atoms with van der Waals surface area (Å²) in [7, 11) is 3.06. The number of hydrogen-bond acceptors (Lipinski definition) is 3. The highest BCUT2D eigenvalue weighted by Gasteiger charge is 2.05. The van der Waals surface area contributed by atoms with E-state index in [1.165, 1.54) is 20.3 Å². The van der Waals surface area contributed by atoms with Gasteiger partial charge < -0.3 is 9.47 Å². The molecule has 0 bridgehead atoms. The Morgan fingerprint density at radius 3 is 2.30 bits per heavy atom. The van der Waals surface area contributed by atoms with E-state index < -0.39 is 0 Å². The average molecular weight is 141 g/mol. The minimum absolute atomic E-state index is 0.389. The minimum atomic E-state index is -0.389. The van der Waals surface area contributed by atoms with Crippen LogP contribution in [0.25, 0.3) is 0 Å². The Morgan fingerprint density at radius 2 is 2.00 bits per heavy atom. The zero-order valence-corrected chi connectivity index (χ0v) is 6.42. The first-order valence-corrected chi connectivity index (χ1v) is 2.88. The molecule has 0 heterocycles. The summed E-state index contributed by atoms with van der Waals surface area (Å²) in [5.41, 5.74) is 0.771. The number of ether oxygens (including phenoxy) is 2. The van der Waals surface area contributed by atoms with Crippen LogP contribution in [0, 0.1) is 11.3 Å². The lowest BCUT2D eigenvalue weighted by atomic mass is 10.3. The van der Waals surface area contributed by atoms with Crippen molar-refractivity contribution in [1.82, 2.24) is 0 Å². The molecule has 0 spiro atoms. The molecule has 10 heavy (non-hydrogen) atoms. The van der Waals surface area contributed by atoms with Crippen molar-refractivity contribution in [1.29, 1.82) is 5.26 Å². The van der Waals surface area contributed by atoms with Gasteiger partial charge in [0.15, 0.2) is 6.29 Å². The first kappa shape index (κ1) is 9.15. The lowest BCUT2D eigenvalue weighted by Gasteiger charge is -2.11. The third kappa shape index (κ3) is 2.62. The summed E-state index contributed by atoms with van der Waals surface area (Å²) < 4.78 is 9.74. The van der Waals surface area contributed by atoms with Gasteiger partial charge in [0.05, 0.1) is 6.07 Å². The highest BCUT2D eigenvalue weighted by Crippen LogP contribution is 2.04. The predicted octanol–water partition coefficient (Wildman–Crippen LogP) is 1.08. The van der Waals surface area contributed by atoms with Crippen LogP contribution in [-0.4, -0.2) is 20.5 Å². The summed E-state index contributed by atoms with van der Waals surface area (Å²) in [6.07, 6.45) is 1.01. The molecular weight excluding hydrogens is 130 g/mol. The summed E-state index contributed by atoms with van der Waals surface area (Å²) in [6.45, 7) is 1.78. The van der Waals surface area contributed by atoms with Crippen molar-refractivity contribution >= 4 is 0 Å². The molecule has 56 valence electrons. The molecule has 3 heteroatoms. The fraction of sp³-hybridized carbons (Fsp3) is 0.571. The molecule has 0 aliphatic heterocycles. The van der Waals surface area contributed by atoms with E-state index in [0.717, 1.165) is 5.57 Å². The van der Waals surface area contributed by atoms with E-state index in [2.05, 4.69) is 0 Å². The molecule has 0 radical (unpaired) electrons. The van der Waals surface area contributed by atoms with Crippen LogP contribution < -0.4 is 0 Å². The number of nitriles is 1. The van der Waals surface area contributed by atoms with Gasteiger partial charge in [0.2, 0.25) is 0 Å². The van der Waals surface area contributed by atoms with E-state index in [1.807, 2.05) is 6.07 Å². The van der Waals surface area contributed by atoms with Gasteiger partial charge in [-0.2, -0.15) is 5.26 Å². The van der Waals surface area contributed by atoms with Crippen molar-refractivity contribution in [3.05, 3.63) is 11.6 Å². The van der Waals surface area contributed by atoms with E-state index in [-0.39, 0.29) is 6.29 Å². The van der Waals surface area contributed by atoms with Gasteiger partial charge in [-0.05, 0) is 12.5 Å². The quantitative estimate of drug-likeness (QED) is 0.436. The van der Waals surface area contributed by atoms with Gasteiger partial charge in [0, 0.05) is 20.3 Å². The Bertz CT molecular complexity index is 153. The summed E-state index contributed by atoms with van der Waals surface area (Å²) >= 11 is 0. The summed E-state index contributed by atoms with van der Waals surface area (Å²) in [5, 5.41) is 8.24. The number of allylic oxidation sites excluding steroid dienone is 1. The Kier molecular flexibility index (Phi) is 4.55. The molecule has 0 N–H and O–H groups in total. The summed E-state index contributed by atoms with van der Waals surface area (Å²) in [6, 6.07) is 1.89. The Balaban J connectivity index is 4.04. The molecule has 0 saturated heterocycles. The molecule has 0 aromatic rings. The third-order valence-electron chi connectivity index (χ3n) is 1.09. The molecule has 0 aromatic carbocycles. The largest absolute Gasteiger partial charge is 0.352 e. The van der Waals surface area contributed by atoms with E-state index in [0.29, 0.717) is 0 Å². The van der Waals surface area contributed by atoms with Crippen LogP contribution in [0.5, 0.6) is 0 Å². The highest BCUT2D eigenvalue weighted by molar-refractivity contribution is 5.13. The molecule has 0 atom stereocenters. The first-order chi connectivity index (χ1) is 4.76. The fourth-order valence-corrected chi connectivity index (χ4v) is 0.638. The zero-order valence-electron chi connectivity index (χ0n) is 6.42. The standard InChI is InChI=1S/C7H11NO2/c1-6(4-5-8)7(9-2)10-3/h4,7H,1-3H3/b6-4+. The van der Waals surface area contributed by atoms with Crippen molar-refractivity contribution in [3.8, 4) is 6.07 Å². The fourth-order valence-electron chi connectivity index (χ4n) is 0.638. The summed E-state index contributed by atoms with van der Waals surface area (Å²) in [5.74, 6) is 0.